The van der Waals surface area contributed by atoms with Gasteiger partial charge < -0.3 is 4.57 Å². The van der Waals surface area contributed by atoms with Gasteiger partial charge in [0.25, 0.3) is 0 Å². The van der Waals surface area contributed by atoms with Crippen molar-refractivity contribution in [3.05, 3.63) is 170 Å². The van der Waals surface area contributed by atoms with Gasteiger partial charge in [0.1, 0.15) is 0 Å². The summed E-state index contributed by atoms with van der Waals surface area (Å²) in [4.78, 5) is 15.7. The summed E-state index contributed by atoms with van der Waals surface area (Å²) in [5.74, 6) is 1.94. The zero-order valence-corrected chi connectivity index (χ0v) is 29.7. The molecule has 3 aromatic heterocycles. The predicted molar refractivity (Wildman–Crippen MR) is 227 cm³/mol. The molecule has 0 saturated carbocycles. The highest BCUT2D eigenvalue weighted by molar-refractivity contribution is 7.24. The van der Waals surface area contributed by atoms with Crippen molar-refractivity contribution < 1.29 is 0 Å². The van der Waals surface area contributed by atoms with E-state index in [1.165, 1.54) is 52.8 Å². The van der Waals surface area contributed by atoms with Gasteiger partial charge in [-0.1, -0.05) is 133 Å². The van der Waals surface area contributed by atoms with Gasteiger partial charge in [-0.2, -0.15) is 0 Å². The lowest BCUT2D eigenvalue weighted by molar-refractivity contribution is 1.08. The van der Waals surface area contributed by atoms with Crippen LogP contribution in [0.4, 0.5) is 0 Å². The number of rotatable bonds is 4. The van der Waals surface area contributed by atoms with E-state index in [1.807, 2.05) is 11.3 Å². The number of fused-ring (bicyclic) bond motifs is 2. The van der Waals surface area contributed by atoms with Gasteiger partial charge in [0.05, 0.1) is 11.0 Å². The minimum atomic E-state index is 0.636. The molecule has 0 atom stereocenters. The molecule has 3 heterocycles. The zero-order chi connectivity index (χ0) is 35.3. The molecule has 0 aliphatic carbocycles. The number of hydrogen-bond acceptors (Lipinski definition) is 4. The maximum atomic E-state index is 5.24. The van der Waals surface area contributed by atoms with Crippen LogP contribution in [0.25, 0.3) is 114 Å². The Labute approximate surface area is 313 Å². The van der Waals surface area contributed by atoms with Crippen molar-refractivity contribution in [2.45, 2.75) is 0 Å². The van der Waals surface area contributed by atoms with Crippen LogP contribution < -0.4 is 0 Å². The van der Waals surface area contributed by atoms with Gasteiger partial charge in [-0.05, 0) is 68.7 Å². The van der Waals surface area contributed by atoms with Crippen LogP contribution in [-0.4, -0.2) is 19.5 Å². The summed E-state index contributed by atoms with van der Waals surface area (Å²) < 4.78 is 5.01. The van der Waals surface area contributed by atoms with Crippen LogP contribution in [0, 0.1) is 0 Å². The van der Waals surface area contributed by atoms with Crippen LogP contribution in [0.1, 0.15) is 0 Å². The van der Waals surface area contributed by atoms with Gasteiger partial charge in [-0.25, -0.2) is 15.0 Å². The summed E-state index contributed by atoms with van der Waals surface area (Å²) in [5.41, 5.74) is 6.33. The smallest absolute Gasteiger partial charge is 0.164 e. The molecule has 0 bridgehead atoms. The van der Waals surface area contributed by atoms with Gasteiger partial charge in [0, 0.05) is 53.3 Å². The van der Waals surface area contributed by atoms with Crippen LogP contribution in [0.15, 0.2) is 170 Å². The Morgan fingerprint density at radius 1 is 0.370 bits per heavy atom. The normalized spacial score (nSPS) is 12.1. The first-order valence-electron chi connectivity index (χ1n) is 18.2. The molecular weight excluding hydrogens is 677 g/mol. The van der Waals surface area contributed by atoms with Gasteiger partial charge in [0.2, 0.25) is 0 Å². The number of nitrogens with zero attached hydrogens (tertiary/aromatic N) is 4. The topological polar surface area (TPSA) is 43.6 Å². The molecule has 0 unspecified atom stereocenters. The molecule has 250 valence electrons. The maximum absolute atomic E-state index is 5.24. The first-order valence-corrected chi connectivity index (χ1v) is 19.0. The van der Waals surface area contributed by atoms with E-state index in [2.05, 4.69) is 174 Å². The molecule has 0 N–H and O–H groups in total. The highest BCUT2D eigenvalue weighted by Gasteiger charge is 2.22. The van der Waals surface area contributed by atoms with Crippen molar-refractivity contribution >= 4 is 85.6 Å². The third-order valence-corrected chi connectivity index (χ3v) is 12.1. The lowest BCUT2D eigenvalue weighted by atomic mass is 10.00. The standard InChI is InChI=1S/C49H28N4S/c1-3-18-35-29(10-1)12-6-20-37(35)48-50-47(51-49(52-48)38-21-7-13-30-11-2-4-19-36(30)38)33-16-5-17-34(28-33)53-39-26-24-31-14-8-22-41-43(31)45(39)46-40(53)27-25-32-15-9-23-42(54-41)44(32)46/h1-28H. The largest absolute Gasteiger partial charge is 0.309 e. The molecule has 0 fully saturated rings. The Morgan fingerprint density at radius 3 is 1.44 bits per heavy atom. The van der Waals surface area contributed by atoms with E-state index in [-0.39, 0.29) is 0 Å². The van der Waals surface area contributed by atoms with E-state index < -0.39 is 0 Å². The maximum Gasteiger partial charge on any atom is 0.164 e. The van der Waals surface area contributed by atoms with Crippen LogP contribution in [-0.2, 0) is 0 Å². The van der Waals surface area contributed by atoms with E-state index in [0.29, 0.717) is 17.5 Å². The second-order valence-corrected chi connectivity index (χ2v) is 15.1. The molecule has 12 aromatic rings. The molecule has 0 amide bonds. The average molecular weight is 705 g/mol. The van der Waals surface area contributed by atoms with Gasteiger partial charge in [-0.3, -0.25) is 0 Å². The van der Waals surface area contributed by atoms with Crippen molar-refractivity contribution in [1.82, 2.24) is 19.5 Å². The number of aromatic nitrogens is 4. The number of hydrogen-bond donors (Lipinski definition) is 0. The van der Waals surface area contributed by atoms with Crippen molar-refractivity contribution in [3.63, 3.8) is 0 Å². The summed E-state index contributed by atoms with van der Waals surface area (Å²) in [5, 5.41) is 12.3. The SMILES string of the molecule is c1cc(-c2nc(-c3cccc4ccccc34)nc(-c3cccc4ccccc34)n2)cc(-n2c3ccc4cccc5sc6cccc7ccc2c(c76)c3c45)c1. The first kappa shape index (κ1) is 29.6. The second kappa shape index (κ2) is 11.3. The molecule has 5 heteroatoms. The Morgan fingerprint density at radius 2 is 0.852 bits per heavy atom. The van der Waals surface area contributed by atoms with Gasteiger partial charge >= 0.3 is 0 Å². The molecule has 12 rings (SSSR count). The summed E-state index contributed by atoms with van der Waals surface area (Å²) in [6, 6.07) is 60.7. The monoisotopic (exact) mass is 704 g/mol. The van der Waals surface area contributed by atoms with Crippen molar-refractivity contribution in [1.29, 1.82) is 0 Å². The summed E-state index contributed by atoms with van der Waals surface area (Å²) in [6.07, 6.45) is 0. The molecule has 0 aliphatic heterocycles. The van der Waals surface area contributed by atoms with Gasteiger partial charge in [0.15, 0.2) is 17.5 Å². The summed E-state index contributed by atoms with van der Waals surface area (Å²) >= 11 is 1.88. The lowest BCUT2D eigenvalue weighted by Crippen LogP contribution is -2.02. The van der Waals surface area contributed by atoms with E-state index in [9.17, 15) is 0 Å². The Hall–Kier alpha value is -6.95. The Kier molecular flexibility index (Phi) is 6.18. The highest BCUT2D eigenvalue weighted by atomic mass is 32.1. The van der Waals surface area contributed by atoms with E-state index in [4.69, 9.17) is 15.0 Å². The molecule has 0 saturated heterocycles. The molecular formula is C49H28N4S. The van der Waals surface area contributed by atoms with Crippen molar-refractivity contribution in [2.75, 3.05) is 0 Å². The lowest BCUT2D eigenvalue weighted by Gasteiger charge is -2.13. The Balaban J connectivity index is 1.13. The molecule has 4 nitrogen and oxygen atoms in total. The van der Waals surface area contributed by atoms with E-state index >= 15 is 0 Å². The van der Waals surface area contributed by atoms with E-state index in [1.54, 1.807) is 0 Å². The predicted octanol–water partition coefficient (Wildman–Crippen LogP) is 13.2. The highest BCUT2D eigenvalue weighted by Crippen LogP contribution is 2.46. The van der Waals surface area contributed by atoms with Crippen molar-refractivity contribution in [2.24, 2.45) is 0 Å². The van der Waals surface area contributed by atoms with Crippen LogP contribution in [0.5, 0.6) is 0 Å². The summed E-state index contributed by atoms with van der Waals surface area (Å²) in [7, 11) is 0. The number of benzene rings is 9. The van der Waals surface area contributed by atoms with Crippen LogP contribution in [0.2, 0.25) is 0 Å². The Bertz CT molecular complexity index is 3250. The molecule has 54 heavy (non-hydrogen) atoms. The average Bonchev–Trinajstić information content (AvgIpc) is 3.49. The summed E-state index contributed by atoms with van der Waals surface area (Å²) in [6.45, 7) is 0. The molecule has 9 aromatic carbocycles. The minimum absolute atomic E-state index is 0.636. The first-order chi connectivity index (χ1) is 26.8. The van der Waals surface area contributed by atoms with Crippen LogP contribution in [0.3, 0.4) is 0 Å². The second-order valence-electron chi connectivity index (χ2n) is 14.0. The minimum Gasteiger partial charge on any atom is -0.309 e. The van der Waals surface area contributed by atoms with Crippen LogP contribution >= 0.6 is 11.3 Å². The van der Waals surface area contributed by atoms with Crippen molar-refractivity contribution in [3.8, 4) is 39.9 Å². The molecule has 0 spiro atoms. The fourth-order valence-corrected chi connectivity index (χ4v) is 9.79. The fraction of sp³-hybridized carbons (Fsp3) is 0. The zero-order valence-electron chi connectivity index (χ0n) is 28.9. The van der Waals surface area contributed by atoms with Gasteiger partial charge in [-0.15, -0.1) is 11.3 Å². The fourth-order valence-electron chi connectivity index (χ4n) is 8.62. The third-order valence-electron chi connectivity index (χ3n) is 11.0. The van der Waals surface area contributed by atoms with E-state index in [0.717, 1.165) is 43.9 Å². The molecule has 0 aliphatic rings. The third kappa shape index (κ3) is 4.27. The molecule has 0 radical (unpaired) electrons. The quantitative estimate of drug-likeness (QED) is 0.183.